The van der Waals surface area contributed by atoms with Crippen LogP contribution in [0, 0.1) is 0 Å². The van der Waals surface area contributed by atoms with Gasteiger partial charge in [0.25, 0.3) is 0 Å². The number of carbonyl (C=O) groups is 6. The van der Waals surface area contributed by atoms with Crippen molar-refractivity contribution < 1.29 is 39.0 Å². The normalized spacial score (nSPS) is 13.2. The number of hydrogen-bond donors (Lipinski definition) is 12. The van der Waals surface area contributed by atoms with E-state index in [1.165, 1.54) is 6.92 Å². The van der Waals surface area contributed by atoms with Gasteiger partial charge in [-0.2, -0.15) is 0 Å². The molecule has 238 valence electrons. The first-order chi connectivity index (χ1) is 19.7. The van der Waals surface area contributed by atoms with Crippen molar-refractivity contribution in [2.24, 2.45) is 38.7 Å². The number of hydrogen-bond acceptors (Lipinski definition) is 10. The summed E-state index contributed by atoms with van der Waals surface area (Å²) in [6, 6.07) is -4.74. The van der Waals surface area contributed by atoms with Crippen LogP contribution < -0.4 is 55.3 Å². The van der Waals surface area contributed by atoms with Crippen LogP contribution >= 0.6 is 0 Å². The smallest absolute Gasteiger partial charge is 0.328 e. The number of aliphatic carboxylic acids is 1. The average Bonchev–Trinajstić information content (AvgIpc) is 2.92. The summed E-state index contributed by atoms with van der Waals surface area (Å²) in [4.78, 5) is 79.9. The van der Waals surface area contributed by atoms with Crippen LogP contribution in [0.1, 0.15) is 32.6 Å². The van der Waals surface area contributed by atoms with Crippen molar-refractivity contribution in [3.8, 4) is 0 Å². The van der Waals surface area contributed by atoms with Crippen LogP contribution in [-0.4, -0.2) is 115 Å². The summed E-state index contributed by atoms with van der Waals surface area (Å²) < 4.78 is 0. The maximum atomic E-state index is 12.9. The van der Waals surface area contributed by atoms with E-state index in [9.17, 15) is 28.8 Å². The molecule has 0 unspecified atom stereocenters. The van der Waals surface area contributed by atoms with Gasteiger partial charge in [-0.05, 0) is 32.6 Å². The molecule has 5 amide bonds. The Hall–Kier alpha value is -4.72. The molecular weight excluding hydrogens is 560 g/mol. The predicted molar refractivity (Wildman–Crippen MR) is 150 cm³/mol. The molecule has 0 bridgehead atoms. The average molecular weight is 603 g/mol. The summed E-state index contributed by atoms with van der Waals surface area (Å²) in [6.07, 6.45) is 1.05. The molecule has 0 fully saturated rings. The third-order valence-electron chi connectivity index (χ3n) is 5.32. The highest BCUT2D eigenvalue weighted by atomic mass is 16.4. The molecule has 0 aromatic carbocycles. The summed E-state index contributed by atoms with van der Waals surface area (Å²) in [5.41, 5.74) is 27.0. The van der Waals surface area contributed by atoms with E-state index in [-0.39, 0.29) is 37.9 Å². The van der Waals surface area contributed by atoms with E-state index >= 15 is 0 Å². The molecule has 0 aromatic heterocycles. The quantitative estimate of drug-likeness (QED) is 0.0350. The summed E-state index contributed by atoms with van der Waals surface area (Å²) in [6.45, 7) is -0.244. The van der Waals surface area contributed by atoms with E-state index in [4.69, 9.17) is 38.9 Å². The molecule has 0 rings (SSSR count). The lowest BCUT2D eigenvalue weighted by molar-refractivity contribution is -0.142. The fourth-order valence-electron chi connectivity index (χ4n) is 3.07. The van der Waals surface area contributed by atoms with Crippen LogP contribution in [0.4, 0.5) is 0 Å². The zero-order valence-electron chi connectivity index (χ0n) is 23.3. The number of carboxylic acid groups (broad SMARTS) is 1. The van der Waals surface area contributed by atoms with Crippen molar-refractivity contribution in [1.82, 2.24) is 26.6 Å². The summed E-state index contributed by atoms with van der Waals surface area (Å²) >= 11 is 0. The summed E-state index contributed by atoms with van der Waals surface area (Å²) in [5, 5.41) is 29.1. The van der Waals surface area contributed by atoms with Gasteiger partial charge in [-0.1, -0.05) is 0 Å². The third-order valence-corrected chi connectivity index (χ3v) is 5.32. The van der Waals surface area contributed by atoms with E-state index in [1.54, 1.807) is 0 Å². The minimum absolute atomic E-state index is 0.0957. The van der Waals surface area contributed by atoms with Crippen LogP contribution in [0.15, 0.2) is 9.98 Å². The number of nitrogens with zero attached hydrogens (tertiary/aromatic N) is 2. The lowest BCUT2D eigenvalue weighted by atomic mass is 10.1. The fourth-order valence-corrected chi connectivity index (χ4v) is 3.07. The first-order valence-corrected chi connectivity index (χ1v) is 12.8. The highest BCUT2D eigenvalue weighted by Crippen LogP contribution is 2.03. The number of nitrogens with two attached hydrogens (primary N) is 5. The van der Waals surface area contributed by atoms with Gasteiger partial charge < -0.3 is 65.5 Å². The molecular formula is C22H42N12O8. The Balaban J connectivity index is 4.94. The van der Waals surface area contributed by atoms with Gasteiger partial charge >= 0.3 is 5.97 Å². The maximum absolute atomic E-state index is 12.9. The molecule has 17 N–H and O–H groups in total. The van der Waals surface area contributed by atoms with Gasteiger partial charge in [-0.25, -0.2) is 4.79 Å². The first-order valence-electron chi connectivity index (χ1n) is 12.8. The Morgan fingerprint density at radius 3 is 1.79 bits per heavy atom. The fraction of sp³-hybridized carbons (Fsp3) is 0.636. The van der Waals surface area contributed by atoms with Crippen molar-refractivity contribution in [2.75, 3.05) is 32.8 Å². The molecule has 0 saturated heterocycles. The molecule has 4 atom stereocenters. The second-order valence-corrected chi connectivity index (χ2v) is 8.93. The SMILES string of the molecule is C[C@H](NC(=O)[C@H](CCCN=C(N)N)NC(=O)[C@@H](N)CCCN=C(N)N)C(=O)NCC(=O)NCC(=O)N[C@@H](CO)C(=O)O. The molecule has 0 spiro atoms. The molecule has 0 aliphatic heterocycles. The molecule has 0 radical (unpaired) electrons. The van der Waals surface area contributed by atoms with E-state index in [1.807, 2.05) is 5.32 Å². The van der Waals surface area contributed by atoms with Gasteiger partial charge in [0.1, 0.15) is 18.1 Å². The number of amides is 5. The zero-order chi connectivity index (χ0) is 32.2. The van der Waals surface area contributed by atoms with Crippen molar-refractivity contribution in [3.63, 3.8) is 0 Å². The number of carbonyl (C=O) groups excluding carboxylic acids is 5. The van der Waals surface area contributed by atoms with Gasteiger partial charge in [-0.3, -0.25) is 34.0 Å². The van der Waals surface area contributed by atoms with Crippen LogP contribution in [0.2, 0.25) is 0 Å². The number of guanidine groups is 2. The largest absolute Gasteiger partial charge is 0.480 e. The predicted octanol–water partition coefficient (Wildman–Crippen LogP) is -6.80. The van der Waals surface area contributed by atoms with Gasteiger partial charge in [-0.15, -0.1) is 0 Å². The number of carboxylic acids is 1. The lowest BCUT2D eigenvalue weighted by Gasteiger charge is -2.22. The second kappa shape index (κ2) is 20.2. The molecule has 0 aromatic rings. The van der Waals surface area contributed by atoms with Gasteiger partial charge in [0, 0.05) is 13.1 Å². The Kier molecular flexibility index (Phi) is 17.9. The minimum atomic E-state index is -1.54. The van der Waals surface area contributed by atoms with Crippen LogP contribution in [0.3, 0.4) is 0 Å². The third kappa shape index (κ3) is 17.1. The zero-order valence-corrected chi connectivity index (χ0v) is 23.3. The highest BCUT2D eigenvalue weighted by molar-refractivity contribution is 5.94. The summed E-state index contributed by atoms with van der Waals surface area (Å²) in [7, 11) is 0. The molecule has 0 saturated carbocycles. The molecule has 0 heterocycles. The number of nitrogens with one attached hydrogen (secondary N) is 5. The highest BCUT2D eigenvalue weighted by Gasteiger charge is 2.26. The molecule has 42 heavy (non-hydrogen) atoms. The Bertz CT molecular complexity index is 998. The monoisotopic (exact) mass is 602 g/mol. The number of aliphatic imine (C=N–C) groups is 2. The second-order valence-electron chi connectivity index (χ2n) is 8.93. The van der Waals surface area contributed by atoms with E-state index in [0.717, 1.165) is 0 Å². The lowest BCUT2D eigenvalue weighted by Crippen LogP contribution is -2.55. The van der Waals surface area contributed by atoms with Gasteiger partial charge in [0.15, 0.2) is 11.9 Å². The summed E-state index contributed by atoms with van der Waals surface area (Å²) in [5.74, 6) is -5.44. The number of rotatable bonds is 20. The van der Waals surface area contributed by atoms with Gasteiger partial charge in [0.05, 0.1) is 25.7 Å². The van der Waals surface area contributed by atoms with E-state index < -0.39 is 79.4 Å². The first kappa shape index (κ1) is 37.3. The van der Waals surface area contributed by atoms with E-state index in [2.05, 4.69) is 31.3 Å². The van der Waals surface area contributed by atoms with Crippen molar-refractivity contribution in [2.45, 2.75) is 56.8 Å². The van der Waals surface area contributed by atoms with Crippen LogP contribution in [0.5, 0.6) is 0 Å². The standard InChI is InChI=1S/C22H42N12O8/c1-11(17(38)31-8-15(36)30-9-16(37)33-14(10-35)20(41)42)32-19(40)13(5-3-7-29-22(26)27)34-18(39)12(23)4-2-6-28-21(24)25/h11-14,35H,2-10,23H2,1H3,(H,30,36)(H,31,38)(H,32,40)(H,33,37)(H,34,39)(H,41,42)(H4,24,25,28)(H4,26,27,29)/t11-,12-,13-,14-/m0/s1. The minimum Gasteiger partial charge on any atom is -0.480 e. The van der Waals surface area contributed by atoms with E-state index in [0.29, 0.717) is 12.8 Å². The maximum Gasteiger partial charge on any atom is 0.328 e. The Morgan fingerprint density at radius 1 is 0.714 bits per heavy atom. The van der Waals surface area contributed by atoms with Crippen LogP contribution in [0.25, 0.3) is 0 Å². The van der Waals surface area contributed by atoms with Crippen molar-refractivity contribution in [3.05, 3.63) is 0 Å². The van der Waals surface area contributed by atoms with Crippen molar-refractivity contribution >= 4 is 47.4 Å². The number of aliphatic hydroxyl groups is 1. The molecule has 20 nitrogen and oxygen atoms in total. The molecule has 20 heteroatoms. The van der Waals surface area contributed by atoms with Gasteiger partial charge in [0.2, 0.25) is 29.5 Å². The molecule has 0 aliphatic carbocycles. The Morgan fingerprint density at radius 2 is 1.26 bits per heavy atom. The van der Waals surface area contributed by atoms with Crippen molar-refractivity contribution in [1.29, 1.82) is 0 Å². The number of aliphatic hydroxyl groups excluding tert-OH is 1. The topological polar surface area (TPSA) is 358 Å². The van der Waals surface area contributed by atoms with Crippen LogP contribution in [-0.2, 0) is 28.8 Å². The molecule has 0 aliphatic rings. The Labute approximate surface area is 241 Å².